The number of carbonyl (C=O) groups is 1. The third-order valence-electron chi connectivity index (χ3n) is 8.50. The number of alkyl halides is 2. The van der Waals surface area contributed by atoms with E-state index in [2.05, 4.69) is 11.8 Å². The Bertz CT molecular complexity index is 927. The van der Waals surface area contributed by atoms with Crippen molar-refractivity contribution in [1.82, 2.24) is 0 Å². The molecule has 1 aromatic carbocycles. The molecule has 5 fully saturated rings. The van der Waals surface area contributed by atoms with E-state index in [0.29, 0.717) is 36.3 Å². The lowest BCUT2D eigenvalue weighted by molar-refractivity contribution is -0.541. The Kier molecular flexibility index (Phi) is 7.05. The number of esters is 1. The fraction of sp³-hybridized carbons (Fsp3) is 0.731. The highest BCUT2D eigenvalue weighted by Crippen LogP contribution is 2.63. The molecule has 6 rings (SSSR count). The molecule has 0 unspecified atom stereocenters. The molecule has 0 amide bonds. The Balaban J connectivity index is 1.30. The molecule has 7 atom stereocenters. The molecular weight excluding hydrogens is 493 g/mol. The fourth-order valence-electron chi connectivity index (χ4n) is 6.62. The first-order valence-corrected chi connectivity index (χ1v) is 13.7. The van der Waals surface area contributed by atoms with Gasteiger partial charge in [-0.25, -0.2) is 14.6 Å². The summed E-state index contributed by atoms with van der Waals surface area (Å²) in [5.74, 6) is 0.540. The van der Waals surface area contributed by atoms with Crippen LogP contribution in [0.25, 0.3) is 0 Å². The third-order valence-corrected chi connectivity index (χ3v) is 8.84. The number of benzene rings is 1. The van der Waals surface area contributed by atoms with Crippen molar-refractivity contribution >= 4 is 34.9 Å². The van der Waals surface area contributed by atoms with Gasteiger partial charge in [-0.2, -0.15) is 0 Å². The van der Waals surface area contributed by atoms with Crippen molar-refractivity contribution in [3.63, 3.8) is 0 Å². The zero-order valence-corrected chi connectivity index (χ0v) is 22.1. The van der Waals surface area contributed by atoms with Crippen LogP contribution in [0.4, 0.5) is 5.69 Å². The summed E-state index contributed by atoms with van der Waals surface area (Å²) in [7, 11) is 0. The molecule has 1 aliphatic carbocycles. The summed E-state index contributed by atoms with van der Waals surface area (Å²) in [5, 5.41) is 0. The van der Waals surface area contributed by atoms with E-state index < -0.39 is 23.3 Å². The minimum absolute atomic E-state index is 0.00121. The Hall–Kier alpha value is -1.09. The van der Waals surface area contributed by atoms with Crippen LogP contribution in [0, 0.1) is 17.8 Å². The fourth-order valence-corrected chi connectivity index (χ4v) is 7.03. The molecule has 35 heavy (non-hydrogen) atoms. The van der Waals surface area contributed by atoms with Crippen molar-refractivity contribution in [2.24, 2.45) is 17.8 Å². The molecule has 4 saturated heterocycles. The summed E-state index contributed by atoms with van der Waals surface area (Å²) < 4.78 is 18.7. The normalized spacial score (nSPS) is 39.7. The third kappa shape index (κ3) is 4.36. The number of hydrogen-bond donors (Lipinski definition) is 0. The zero-order valence-electron chi connectivity index (χ0n) is 20.6. The lowest BCUT2D eigenvalue weighted by Gasteiger charge is -2.50. The van der Waals surface area contributed by atoms with Gasteiger partial charge in [0.1, 0.15) is 12.2 Å². The highest BCUT2D eigenvalue weighted by Gasteiger charge is 2.74. The van der Waals surface area contributed by atoms with Gasteiger partial charge in [-0.3, -0.25) is 0 Å². The van der Waals surface area contributed by atoms with Crippen LogP contribution in [0.15, 0.2) is 24.3 Å². The van der Waals surface area contributed by atoms with E-state index in [1.807, 2.05) is 26.0 Å². The topological polar surface area (TPSA) is 66.5 Å². The first-order valence-electron chi connectivity index (χ1n) is 12.6. The average Bonchev–Trinajstić information content (AvgIpc) is 2.92. The van der Waals surface area contributed by atoms with Crippen LogP contribution in [-0.4, -0.2) is 60.7 Å². The number of anilines is 1. The van der Waals surface area contributed by atoms with Crippen molar-refractivity contribution < 1.29 is 28.8 Å². The highest BCUT2D eigenvalue weighted by atomic mass is 35.5. The number of ether oxygens (including phenoxy) is 3. The first-order chi connectivity index (χ1) is 16.7. The standard InChI is InChI=1S/C26H35Cl2NO6/c1-17-4-9-21-24(2,32-23-26(21)20(17)10-11-25(3,33-23)34-35-26)16-31-22(30)18-5-7-19(8-6-18)29(14-12-27)15-13-28/h5-8,17,20-21,23H,4,9-16H2,1-3H3/t17-,20+,21+,23-,24-,25-,26-/m1/s1. The van der Waals surface area contributed by atoms with Crippen molar-refractivity contribution in [1.29, 1.82) is 0 Å². The molecule has 0 N–H and O–H groups in total. The van der Waals surface area contributed by atoms with Crippen molar-refractivity contribution in [2.75, 3.05) is 36.4 Å². The van der Waals surface area contributed by atoms with E-state index in [4.69, 9.17) is 47.2 Å². The smallest absolute Gasteiger partial charge is 0.338 e. The van der Waals surface area contributed by atoms with Crippen molar-refractivity contribution in [3.05, 3.63) is 29.8 Å². The molecule has 1 aromatic rings. The van der Waals surface area contributed by atoms with Crippen LogP contribution in [0.5, 0.6) is 0 Å². The molecule has 4 aliphatic heterocycles. The van der Waals surface area contributed by atoms with Crippen LogP contribution in [0.1, 0.15) is 56.8 Å². The molecule has 5 aliphatic rings. The summed E-state index contributed by atoms with van der Waals surface area (Å²) in [6, 6.07) is 7.33. The molecule has 2 bridgehead atoms. The molecule has 194 valence electrons. The summed E-state index contributed by atoms with van der Waals surface area (Å²) >= 11 is 11.8. The van der Waals surface area contributed by atoms with E-state index in [0.717, 1.165) is 31.4 Å². The lowest BCUT2D eigenvalue weighted by Crippen LogP contribution is -2.62. The first kappa shape index (κ1) is 25.6. The summed E-state index contributed by atoms with van der Waals surface area (Å²) in [4.78, 5) is 27.1. The molecule has 9 heteroatoms. The number of nitrogens with zero attached hydrogens (tertiary/aromatic N) is 1. The number of rotatable bonds is 8. The van der Waals surface area contributed by atoms with Crippen LogP contribution in [0.3, 0.4) is 0 Å². The van der Waals surface area contributed by atoms with Gasteiger partial charge in [-0.15, -0.1) is 23.2 Å². The lowest BCUT2D eigenvalue weighted by atomic mass is 9.60. The Labute approximate surface area is 217 Å². The quantitative estimate of drug-likeness (QED) is 0.263. The Morgan fingerprint density at radius 1 is 1.06 bits per heavy atom. The van der Waals surface area contributed by atoms with E-state index in [1.54, 1.807) is 12.1 Å². The molecule has 1 spiro atoms. The van der Waals surface area contributed by atoms with Gasteiger partial charge >= 0.3 is 5.97 Å². The maximum Gasteiger partial charge on any atom is 0.338 e. The second kappa shape index (κ2) is 9.66. The number of halogens is 2. The van der Waals surface area contributed by atoms with Crippen LogP contribution in [-0.2, 0) is 24.0 Å². The molecule has 4 heterocycles. The van der Waals surface area contributed by atoms with E-state index in [-0.39, 0.29) is 24.4 Å². The van der Waals surface area contributed by atoms with Gasteiger partial charge in [0, 0.05) is 42.9 Å². The van der Waals surface area contributed by atoms with Crippen molar-refractivity contribution in [2.45, 2.75) is 69.7 Å². The van der Waals surface area contributed by atoms with Crippen molar-refractivity contribution in [3.8, 4) is 0 Å². The maximum absolute atomic E-state index is 13.0. The minimum Gasteiger partial charge on any atom is -0.459 e. The van der Waals surface area contributed by atoms with E-state index >= 15 is 0 Å². The van der Waals surface area contributed by atoms with Gasteiger partial charge in [-0.1, -0.05) is 6.92 Å². The van der Waals surface area contributed by atoms with Gasteiger partial charge in [-0.05, 0) is 69.2 Å². The number of carbonyl (C=O) groups excluding carboxylic acids is 1. The number of hydrogen-bond acceptors (Lipinski definition) is 7. The van der Waals surface area contributed by atoms with E-state index in [9.17, 15) is 4.79 Å². The second-order valence-electron chi connectivity index (χ2n) is 10.8. The molecular formula is C26H35Cl2NO6. The summed E-state index contributed by atoms with van der Waals surface area (Å²) in [6.45, 7) is 7.67. The van der Waals surface area contributed by atoms with Crippen LogP contribution >= 0.6 is 23.2 Å². The molecule has 7 nitrogen and oxygen atoms in total. The predicted octanol–water partition coefficient (Wildman–Crippen LogP) is 5.13. The minimum atomic E-state index is -0.817. The second-order valence-corrected chi connectivity index (χ2v) is 11.5. The Morgan fingerprint density at radius 3 is 2.46 bits per heavy atom. The van der Waals surface area contributed by atoms with Gasteiger partial charge < -0.3 is 19.1 Å². The monoisotopic (exact) mass is 527 g/mol. The van der Waals surface area contributed by atoms with Gasteiger partial charge in [0.25, 0.3) is 0 Å². The maximum atomic E-state index is 13.0. The van der Waals surface area contributed by atoms with E-state index in [1.165, 1.54) is 0 Å². The largest absolute Gasteiger partial charge is 0.459 e. The van der Waals surface area contributed by atoms with Gasteiger partial charge in [0.05, 0.1) is 5.56 Å². The highest BCUT2D eigenvalue weighted by molar-refractivity contribution is 6.18. The zero-order chi connectivity index (χ0) is 24.8. The molecule has 0 aromatic heterocycles. The number of fused-ring (bicyclic) bond motifs is 2. The molecule has 1 saturated carbocycles. The van der Waals surface area contributed by atoms with Crippen LogP contribution in [0.2, 0.25) is 0 Å². The van der Waals surface area contributed by atoms with Gasteiger partial charge in [0.15, 0.2) is 11.9 Å². The Morgan fingerprint density at radius 2 is 1.77 bits per heavy atom. The molecule has 0 radical (unpaired) electrons. The predicted molar refractivity (Wildman–Crippen MR) is 133 cm³/mol. The SMILES string of the molecule is C[C@@H]1CC[C@@H]2[C@]34OO[C@](C)(CC[C@@H]13)O[C@H]4O[C@]2(C)COC(=O)c1ccc(N(CCCl)CCCl)cc1. The summed E-state index contributed by atoms with van der Waals surface area (Å²) in [6.07, 6.45) is 3.15. The van der Waals surface area contributed by atoms with Gasteiger partial charge in [0.2, 0.25) is 5.79 Å². The van der Waals surface area contributed by atoms with Crippen LogP contribution < -0.4 is 4.90 Å². The average molecular weight is 528 g/mol. The summed E-state index contributed by atoms with van der Waals surface area (Å²) in [5.41, 5.74) is 0.0420.